The number of hydrogen-bond donors (Lipinski definition) is 0. The van der Waals surface area contributed by atoms with E-state index in [1.807, 2.05) is 0 Å². The van der Waals surface area contributed by atoms with Gasteiger partial charge < -0.3 is 0 Å². The molecule has 0 amide bonds. The Labute approximate surface area is 155 Å². The second-order valence-electron chi connectivity index (χ2n) is 0. The van der Waals surface area contributed by atoms with Crippen molar-refractivity contribution in [2.24, 2.45) is 0 Å². The van der Waals surface area contributed by atoms with Crippen LogP contribution in [-0.4, -0.2) is 127 Å². The molecule has 0 heterocycles. The Morgan fingerprint density at radius 3 is 1.00 bits per heavy atom. The van der Waals surface area contributed by atoms with Crippen LogP contribution in [0.2, 0.25) is 0 Å². The molecule has 0 saturated heterocycles. The van der Waals surface area contributed by atoms with Crippen LogP contribution in [0, 0.1) is 0 Å². The van der Waals surface area contributed by atoms with Crippen molar-refractivity contribution in [1.29, 1.82) is 0 Å². The molecule has 0 aliphatic heterocycles. The van der Waals surface area contributed by atoms with Crippen molar-refractivity contribution < 1.29 is 32.7 Å². The van der Waals surface area contributed by atoms with Crippen molar-refractivity contribution in [2.45, 2.75) is 0 Å². The summed E-state index contributed by atoms with van der Waals surface area (Å²) in [5, 5.41) is 0. The van der Waals surface area contributed by atoms with E-state index in [2.05, 4.69) is 0 Å². The van der Waals surface area contributed by atoms with E-state index in [1.54, 1.807) is 0 Å². The van der Waals surface area contributed by atoms with Gasteiger partial charge in [-0.1, -0.05) is 0 Å². The smallest absolute Gasteiger partial charge is 0 e. The molecule has 8 radical (unpaired) electrons. The van der Waals surface area contributed by atoms with Gasteiger partial charge in [0.05, 0.1) is 0 Å². The van der Waals surface area contributed by atoms with E-state index in [0.29, 0.717) is 0 Å². The van der Waals surface area contributed by atoms with Gasteiger partial charge in [0.25, 0.3) is 0 Å². The van der Waals surface area contributed by atoms with Crippen LogP contribution in [0.5, 0.6) is 0 Å². The Morgan fingerprint density at radius 1 is 1.00 bits per heavy atom. The molecule has 0 fully saturated rings. The summed E-state index contributed by atoms with van der Waals surface area (Å²) in [4.78, 5) is 0. The molecule has 0 rings (SSSR count). The van der Waals surface area contributed by atoms with E-state index in [1.165, 1.54) is 0 Å². The van der Waals surface area contributed by atoms with Gasteiger partial charge in [0.1, 0.15) is 0 Å². The standard InChI is InChI=1S/B.Ca.K.Na.Y. The molecule has 0 atom stereocenters. The van der Waals surface area contributed by atoms with Gasteiger partial charge in [0.15, 0.2) is 0 Å². The second-order valence-corrected chi connectivity index (χ2v) is 0. The monoisotopic (exact) mass is 202 g/mol. The molecule has 0 spiro atoms. The van der Waals surface area contributed by atoms with E-state index >= 15 is 0 Å². The van der Waals surface area contributed by atoms with E-state index in [0.717, 1.165) is 0 Å². The average Bonchev–Trinajstić information content (AvgIpc) is 0. The van der Waals surface area contributed by atoms with Crippen molar-refractivity contribution in [1.82, 2.24) is 0 Å². The van der Waals surface area contributed by atoms with Crippen LogP contribution in [-0.2, 0) is 32.7 Å². The minimum absolute atomic E-state index is 0. The Morgan fingerprint density at radius 2 is 1.00 bits per heavy atom. The molecule has 0 aliphatic rings. The largest absolute Gasteiger partial charge is 0 e. The SMILES string of the molecule is [B].[Ca].[K].[Na].[Y]. The van der Waals surface area contributed by atoms with Crippen LogP contribution in [0.4, 0.5) is 0 Å². The molecular formula is BCaKNaY. The zero-order chi connectivity index (χ0) is 0. The van der Waals surface area contributed by atoms with E-state index in [4.69, 9.17) is 0 Å². The zero-order valence-electron chi connectivity index (χ0n) is 3.86. The molecule has 0 aromatic rings. The maximum atomic E-state index is 0. The molecule has 0 N–H and O–H groups in total. The molecular weight excluding hydrogens is 202 g/mol. The first-order valence-corrected chi connectivity index (χ1v) is 0. The van der Waals surface area contributed by atoms with Crippen molar-refractivity contribution in [2.75, 3.05) is 0 Å². The average molecular weight is 202 g/mol. The summed E-state index contributed by atoms with van der Waals surface area (Å²) in [6.45, 7) is 0. The Kier molecular flexibility index (Phi) is 148. The van der Waals surface area contributed by atoms with Gasteiger partial charge in [0.2, 0.25) is 0 Å². The maximum Gasteiger partial charge on any atom is 0 e. The summed E-state index contributed by atoms with van der Waals surface area (Å²) in [6.07, 6.45) is 0. The molecule has 0 aliphatic carbocycles. The van der Waals surface area contributed by atoms with Crippen LogP contribution in [0.15, 0.2) is 0 Å². The predicted octanol–water partition coefficient (Wildman–Crippen LogP) is -1.53. The van der Waals surface area contributed by atoms with E-state index in [-0.39, 0.29) is 160 Å². The van der Waals surface area contributed by atoms with Gasteiger partial charge in [-0.15, -0.1) is 0 Å². The number of hydrogen-bond acceptors (Lipinski definition) is 0. The van der Waals surface area contributed by atoms with Crippen LogP contribution < -0.4 is 0 Å². The predicted molar refractivity (Wildman–Crippen MR) is 23.0 cm³/mol. The first-order chi connectivity index (χ1) is 0. The van der Waals surface area contributed by atoms with Gasteiger partial charge in [-0.25, -0.2) is 0 Å². The molecule has 0 saturated carbocycles. The first-order valence-electron chi connectivity index (χ1n) is 0. The zero-order valence-corrected chi connectivity index (χ0v) is 14.0. The quantitative estimate of drug-likeness (QED) is 0.418. The Bertz CT molecular complexity index is 11.6. The summed E-state index contributed by atoms with van der Waals surface area (Å²) < 4.78 is 0. The fourth-order valence-corrected chi connectivity index (χ4v) is 0. The summed E-state index contributed by atoms with van der Waals surface area (Å²) in [6, 6.07) is 0. The van der Waals surface area contributed by atoms with E-state index < -0.39 is 0 Å². The minimum atomic E-state index is 0. The van der Waals surface area contributed by atoms with Crippen molar-refractivity contribution in [3.05, 3.63) is 0 Å². The molecule has 5 heavy (non-hydrogen) atoms. The fraction of sp³-hybridized carbons (Fsp3) is 0. The van der Waals surface area contributed by atoms with E-state index in [9.17, 15) is 0 Å². The summed E-state index contributed by atoms with van der Waals surface area (Å²) in [5.41, 5.74) is 0. The van der Waals surface area contributed by atoms with Crippen molar-refractivity contribution in [3.8, 4) is 0 Å². The molecule has 0 unspecified atom stereocenters. The van der Waals surface area contributed by atoms with Crippen molar-refractivity contribution in [3.63, 3.8) is 0 Å². The topological polar surface area (TPSA) is 0 Å². The van der Waals surface area contributed by atoms with Crippen LogP contribution in [0.25, 0.3) is 0 Å². The third kappa shape index (κ3) is 17.6. The van der Waals surface area contributed by atoms with Gasteiger partial charge >= 0.3 is 0 Å². The molecule has 10 valence electrons. The maximum absolute atomic E-state index is 0. The fourth-order valence-electron chi connectivity index (χ4n) is 0. The molecule has 0 nitrogen and oxygen atoms in total. The summed E-state index contributed by atoms with van der Waals surface area (Å²) >= 11 is 0. The number of rotatable bonds is 0. The third-order valence-electron chi connectivity index (χ3n) is 0. The molecule has 0 aromatic heterocycles. The van der Waals surface area contributed by atoms with Gasteiger partial charge in [0, 0.05) is 160 Å². The summed E-state index contributed by atoms with van der Waals surface area (Å²) in [5.74, 6) is 0. The van der Waals surface area contributed by atoms with Gasteiger partial charge in [-0.3, -0.25) is 0 Å². The van der Waals surface area contributed by atoms with Crippen LogP contribution >= 0.6 is 0 Å². The van der Waals surface area contributed by atoms with Crippen LogP contribution in [0.1, 0.15) is 0 Å². The van der Waals surface area contributed by atoms with Crippen molar-refractivity contribution >= 4 is 127 Å². The van der Waals surface area contributed by atoms with Gasteiger partial charge in [-0.2, -0.15) is 0 Å². The summed E-state index contributed by atoms with van der Waals surface area (Å²) in [7, 11) is 0. The van der Waals surface area contributed by atoms with Crippen LogP contribution in [0.3, 0.4) is 0 Å². The Balaban J connectivity index is 0. The minimum Gasteiger partial charge on any atom is 0 e. The molecule has 0 bridgehead atoms. The second kappa shape index (κ2) is 23.0. The third-order valence-corrected chi connectivity index (χ3v) is 0. The van der Waals surface area contributed by atoms with Gasteiger partial charge in [-0.05, 0) is 0 Å². The normalized spacial score (nSPS) is 0. The first kappa shape index (κ1) is 32.2. The molecule has 5 heteroatoms. The Hall–Kier alpha value is 5.06. The molecule has 0 aromatic carbocycles.